The van der Waals surface area contributed by atoms with Gasteiger partial charge in [0.25, 0.3) is 0 Å². The lowest BCUT2D eigenvalue weighted by molar-refractivity contribution is -0.120. The first-order valence-electron chi connectivity index (χ1n) is 5.62. The Morgan fingerprint density at radius 3 is 2.75 bits per heavy atom. The van der Waals surface area contributed by atoms with E-state index in [-0.39, 0.29) is 12.5 Å². The quantitative estimate of drug-likeness (QED) is 0.678. The van der Waals surface area contributed by atoms with Crippen LogP contribution in [0.15, 0.2) is 0 Å². The molecule has 0 radical (unpaired) electrons. The highest BCUT2D eigenvalue weighted by Gasteiger charge is 2.32. The van der Waals surface area contributed by atoms with Crippen LogP contribution in [-0.4, -0.2) is 36.5 Å². The molecule has 0 aromatic rings. The van der Waals surface area contributed by atoms with Gasteiger partial charge in [-0.15, -0.1) is 0 Å². The molecule has 0 spiro atoms. The fraction of sp³-hybridized carbons (Fsp3) is 0.818. The summed E-state index contributed by atoms with van der Waals surface area (Å²) in [6.07, 6.45) is 7.21. The highest BCUT2D eigenvalue weighted by molar-refractivity contribution is 8.00. The van der Waals surface area contributed by atoms with Crippen molar-refractivity contribution in [3.05, 3.63) is 0 Å². The second-order valence-electron chi connectivity index (χ2n) is 4.13. The molecule has 0 heterocycles. The zero-order valence-corrected chi connectivity index (χ0v) is 10.5. The predicted molar refractivity (Wildman–Crippen MR) is 66.2 cm³/mol. The minimum atomic E-state index is -0.101. The molecule has 16 heavy (non-hydrogen) atoms. The van der Waals surface area contributed by atoms with E-state index in [1.54, 1.807) is 0 Å². The standard InChI is InChI=1S/C11H19N3OS/c1-16-11(4-2-3-5-11)9-13-8-10(15)14-7-6-12/h13H,2-5,7-9H2,1H3,(H,14,15). The lowest BCUT2D eigenvalue weighted by Gasteiger charge is -2.26. The molecule has 0 aromatic carbocycles. The molecule has 0 aliphatic heterocycles. The molecule has 1 saturated carbocycles. The summed E-state index contributed by atoms with van der Waals surface area (Å²) in [4.78, 5) is 11.2. The van der Waals surface area contributed by atoms with Gasteiger partial charge < -0.3 is 10.6 Å². The summed E-state index contributed by atoms with van der Waals surface area (Å²) in [6, 6.07) is 1.88. The molecular formula is C11H19N3OS. The highest BCUT2D eigenvalue weighted by Crippen LogP contribution is 2.39. The van der Waals surface area contributed by atoms with Crippen LogP contribution in [0.5, 0.6) is 0 Å². The largest absolute Gasteiger partial charge is 0.342 e. The topological polar surface area (TPSA) is 64.9 Å². The molecule has 4 nitrogen and oxygen atoms in total. The second-order valence-corrected chi connectivity index (χ2v) is 5.41. The number of nitrogens with zero attached hydrogens (tertiary/aromatic N) is 1. The van der Waals surface area contributed by atoms with Crippen molar-refractivity contribution in [2.24, 2.45) is 0 Å². The molecular weight excluding hydrogens is 222 g/mol. The minimum Gasteiger partial charge on any atom is -0.342 e. The number of nitrogens with one attached hydrogen (secondary N) is 2. The smallest absolute Gasteiger partial charge is 0.234 e. The third-order valence-electron chi connectivity index (χ3n) is 3.05. The van der Waals surface area contributed by atoms with Crippen LogP contribution in [-0.2, 0) is 4.79 Å². The van der Waals surface area contributed by atoms with E-state index in [0.717, 1.165) is 6.54 Å². The van der Waals surface area contributed by atoms with Crippen LogP contribution in [0.3, 0.4) is 0 Å². The van der Waals surface area contributed by atoms with Gasteiger partial charge in [0.05, 0.1) is 12.6 Å². The van der Waals surface area contributed by atoms with Crippen LogP contribution < -0.4 is 10.6 Å². The fourth-order valence-corrected chi connectivity index (χ4v) is 3.02. The molecule has 1 rings (SSSR count). The van der Waals surface area contributed by atoms with Crippen LogP contribution >= 0.6 is 11.8 Å². The average molecular weight is 241 g/mol. The van der Waals surface area contributed by atoms with Crippen molar-refractivity contribution >= 4 is 17.7 Å². The molecule has 1 amide bonds. The third-order valence-corrected chi connectivity index (χ3v) is 4.46. The van der Waals surface area contributed by atoms with E-state index in [9.17, 15) is 4.79 Å². The number of rotatable bonds is 6. The van der Waals surface area contributed by atoms with Crippen molar-refractivity contribution < 1.29 is 4.79 Å². The van der Waals surface area contributed by atoms with Gasteiger partial charge in [-0.2, -0.15) is 17.0 Å². The number of thioether (sulfide) groups is 1. The number of carbonyl (C=O) groups is 1. The summed E-state index contributed by atoms with van der Waals surface area (Å²) in [6.45, 7) is 1.28. The van der Waals surface area contributed by atoms with Crippen LogP contribution in [0.1, 0.15) is 25.7 Å². The molecule has 0 atom stereocenters. The highest BCUT2D eigenvalue weighted by atomic mass is 32.2. The van der Waals surface area contributed by atoms with E-state index in [1.807, 2.05) is 17.8 Å². The van der Waals surface area contributed by atoms with Crippen molar-refractivity contribution in [3.8, 4) is 6.07 Å². The summed E-state index contributed by atoms with van der Waals surface area (Å²) in [5.41, 5.74) is 0. The maximum absolute atomic E-state index is 11.2. The van der Waals surface area contributed by atoms with Gasteiger partial charge in [-0.05, 0) is 19.1 Å². The van der Waals surface area contributed by atoms with Gasteiger partial charge in [-0.25, -0.2) is 0 Å². The van der Waals surface area contributed by atoms with Gasteiger partial charge >= 0.3 is 0 Å². The summed E-state index contributed by atoms with van der Waals surface area (Å²) in [7, 11) is 0. The Hall–Kier alpha value is -0.730. The normalized spacial score (nSPS) is 18.0. The Labute approximate surface area is 101 Å². The Kier molecular flexibility index (Phi) is 5.64. The zero-order valence-electron chi connectivity index (χ0n) is 9.71. The monoisotopic (exact) mass is 241 g/mol. The molecule has 0 bridgehead atoms. The Morgan fingerprint density at radius 2 is 2.19 bits per heavy atom. The fourth-order valence-electron chi connectivity index (χ4n) is 2.08. The average Bonchev–Trinajstić information content (AvgIpc) is 2.76. The van der Waals surface area contributed by atoms with E-state index >= 15 is 0 Å². The second kappa shape index (κ2) is 6.77. The lowest BCUT2D eigenvalue weighted by Crippen LogP contribution is -2.41. The van der Waals surface area contributed by atoms with Crippen molar-refractivity contribution in [1.29, 1.82) is 5.26 Å². The Morgan fingerprint density at radius 1 is 1.50 bits per heavy atom. The zero-order chi connectivity index (χ0) is 11.9. The van der Waals surface area contributed by atoms with Crippen molar-refractivity contribution in [3.63, 3.8) is 0 Å². The first-order valence-corrected chi connectivity index (χ1v) is 6.84. The summed E-state index contributed by atoms with van der Waals surface area (Å²) in [5.74, 6) is -0.101. The number of hydrogen-bond donors (Lipinski definition) is 2. The van der Waals surface area contributed by atoms with Gasteiger partial charge in [0.15, 0.2) is 0 Å². The van der Waals surface area contributed by atoms with E-state index < -0.39 is 0 Å². The van der Waals surface area contributed by atoms with Gasteiger partial charge in [-0.1, -0.05) is 12.8 Å². The van der Waals surface area contributed by atoms with Crippen molar-refractivity contribution in [1.82, 2.24) is 10.6 Å². The number of carbonyl (C=O) groups excluding carboxylic acids is 1. The first kappa shape index (κ1) is 13.3. The molecule has 1 aliphatic carbocycles. The number of hydrogen-bond acceptors (Lipinski definition) is 4. The summed E-state index contributed by atoms with van der Waals surface area (Å²) < 4.78 is 0.329. The van der Waals surface area contributed by atoms with Gasteiger partial charge in [0, 0.05) is 11.3 Å². The van der Waals surface area contributed by atoms with E-state index in [4.69, 9.17) is 5.26 Å². The van der Waals surface area contributed by atoms with E-state index in [2.05, 4.69) is 16.9 Å². The SMILES string of the molecule is CSC1(CNCC(=O)NCC#N)CCCC1. The third kappa shape index (κ3) is 4.03. The van der Waals surface area contributed by atoms with Crippen LogP contribution in [0.25, 0.3) is 0 Å². The minimum absolute atomic E-state index is 0.0915. The first-order chi connectivity index (χ1) is 7.72. The lowest BCUT2D eigenvalue weighted by atomic mass is 10.1. The number of amides is 1. The van der Waals surface area contributed by atoms with E-state index in [1.165, 1.54) is 25.7 Å². The molecule has 0 aromatic heterocycles. The van der Waals surface area contributed by atoms with Gasteiger partial charge in [0.1, 0.15) is 6.54 Å². The van der Waals surface area contributed by atoms with Crippen molar-refractivity contribution in [2.45, 2.75) is 30.4 Å². The molecule has 0 saturated heterocycles. The predicted octanol–water partition coefficient (Wildman–Crippen LogP) is 0.892. The van der Waals surface area contributed by atoms with Crippen LogP contribution in [0, 0.1) is 11.3 Å². The number of nitriles is 1. The summed E-state index contributed by atoms with van der Waals surface area (Å²) >= 11 is 1.90. The molecule has 1 fully saturated rings. The Balaban J connectivity index is 2.19. The molecule has 2 N–H and O–H groups in total. The van der Waals surface area contributed by atoms with E-state index in [0.29, 0.717) is 11.3 Å². The van der Waals surface area contributed by atoms with Crippen LogP contribution in [0.2, 0.25) is 0 Å². The van der Waals surface area contributed by atoms with Gasteiger partial charge in [0.2, 0.25) is 5.91 Å². The molecule has 90 valence electrons. The molecule has 1 aliphatic rings. The molecule has 5 heteroatoms. The Bertz CT molecular complexity index is 269. The van der Waals surface area contributed by atoms with Crippen molar-refractivity contribution in [2.75, 3.05) is 25.9 Å². The summed E-state index contributed by atoms with van der Waals surface area (Å²) in [5, 5.41) is 14.0. The van der Waals surface area contributed by atoms with Gasteiger partial charge in [-0.3, -0.25) is 4.79 Å². The maximum Gasteiger partial charge on any atom is 0.234 e. The maximum atomic E-state index is 11.2. The van der Waals surface area contributed by atoms with Crippen LogP contribution in [0.4, 0.5) is 0 Å². The molecule has 0 unspecified atom stereocenters.